The molecule has 0 amide bonds. The number of aliphatic hydroxyl groups excluding tert-OH is 2. The van der Waals surface area contributed by atoms with Gasteiger partial charge in [0.1, 0.15) is 12.7 Å². The largest absolute Gasteiger partial charge is 0.472 e. The Hall–Kier alpha value is -1.29. The Kier molecular flexibility index (Phi) is 22.1. The summed E-state index contributed by atoms with van der Waals surface area (Å²) in [5.41, 5.74) is 0. The monoisotopic (exact) mass is 538 g/mol. The number of carbonyl (C=O) groups is 2. The number of phosphoric acid groups is 1. The van der Waals surface area contributed by atoms with Crippen molar-refractivity contribution in [1.29, 1.82) is 0 Å². The molecular formula is C25H47O10P. The summed E-state index contributed by atoms with van der Waals surface area (Å²) in [6, 6.07) is 0. The van der Waals surface area contributed by atoms with Crippen LogP contribution in [0.4, 0.5) is 0 Å². The van der Waals surface area contributed by atoms with Crippen LogP contribution in [-0.4, -0.2) is 65.7 Å². The molecule has 0 bridgehead atoms. The van der Waals surface area contributed by atoms with Crippen LogP contribution in [0.2, 0.25) is 0 Å². The summed E-state index contributed by atoms with van der Waals surface area (Å²) in [5.74, 6) is -1.05. The van der Waals surface area contributed by atoms with Crippen molar-refractivity contribution in [2.45, 2.75) is 110 Å². The fourth-order valence-electron chi connectivity index (χ4n) is 3.10. The van der Waals surface area contributed by atoms with Crippen molar-refractivity contribution >= 4 is 19.8 Å². The molecule has 0 aliphatic rings. The van der Waals surface area contributed by atoms with E-state index >= 15 is 0 Å². The van der Waals surface area contributed by atoms with E-state index in [1.54, 1.807) is 6.08 Å². The lowest BCUT2D eigenvalue weighted by Crippen LogP contribution is -2.29. The van der Waals surface area contributed by atoms with Gasteiger partial charge in [0.15, 0.2) is 6.10 Å². The van der Waals surface area contributed by atoms with Crippen LogP contribution in [0.25, 0.3) is 0 Å². The fraction of sp³-hybridized carbons (Fsp3) is 0.840. The lowest BCUT2D eigenvalue weighted by Gasteiger charge is -2.20. The Balaban J connectivity index is 4.55. The molecule has 212 valence electrons. The van der Waals surface area contributed by atoms with Gasteiger partial charge in [-0.3, -0.25) is 18.6 Å². The molecule has 0 fully saturated rings. The van der Waals surface area contributed by atoms with Gasteiger partial charge in [0.2, 0.25) is 0 Å². The minimum atomic E-state index is -4.59. The molecule has 10 nitrogen and oxygen atoms in total. The number of esters is 2. The van der Waals surface area contributed by atoms with Gasteiger partial charge < -0.3 is 24.6 Å². The summed E-state index contributed by atoms with van der Waals surface area (Å²) in [4.78, 5) is 33.9. The van der Waals surface area contributed by atoms with Crippen molar-refractivity contribution < 1.29 is 47.8 Å². The second-order valence-electron chi connectivity index (χ2n) is 8.73. The van der Waals surface area contributed by atoms with E-state index in [2.05, 4.69) is 11.4 Å². The van der Waals surface area contributed by atoms with Gasteiger partial charge in [-0.1, -0.05) is 83.8 Å². The molecule has 0 aromatic rings. The normalized spacial score (nSPS) is 14.9. The molecule has 3 N–H and O–H groups in total. The molecule has 0 saturated carbocycles. The highest BCUT2D eigenvalue weighted by Crippen LogP contribution is 2.43. The number of hydrogen-bond donors (Lipinski definition) is 3. The minimum absolute atomic E-state index is 0.0562. The molecule has 0 aliphatic heterocycles. The Morgan fingerprint density at radius 3 is 2.06 bits per heavy atom. The van der Waals surface area contributed by atoms with Crippen molar-refractivity contribution in [3.63, 3.8) is 0 Å². The Labute approximate surface area is 216 Å². The summed E-state index contributed by atoms with van der Waals surface area (Å²) in [7, 11) is -4.59. The van der Waals surface area contributed by atoms with Crippen LogP contribution in [0.5, 0.6) is 0 Å². The lowest BCUT2D eigenvalue weighted by molar-refractivity contribution is -0.160. The van der Waals surface area contributed by atoms with Gasteiger partial charge in [-0.15, -0.1) is 0 Å². The maximum Gasteiger partial charge on any atom is 0.472 e. The Bertz CT molecular complexity index is 640. The molecule has 3 atom stereocenters. The minimum Gasteiger partial charge on any atom is -0.461 e. The number of allylic oxidation sites excluding steroid dienone is 1. The number of ether oxygens (including phenoxy) is 2. The van der Waals surface area contributed by atoms with Crippen molar-refractivity contribution in [1.82, 2.24) is 0 Å². The van der Waals surface area contributed by atoms with Crippen LogP contribution < -0.4 is 0 Å². The van der Waals surface area contributed by atoms with Crippen molar-refractivity contribution in [3.05, 3.63) is 12.2 Å². The van der Waals surface area contributed by atoms with E-state index in [0.717, 1.165) is 32.1 Å². The second-order valence-corrected chi connectivity index (χ2v) is 10.2. The zero-order valence-electron chi connectivity index (χ0n) is 22.0. The van der Waals surface area contributed by atoms with E-state index < -0.39 is 51.8 Å². The smallest absolute Gasteiger partial charge is 0.461 e. The second kappa shape index (κ2) is 22.9. The average molecular weight is 539 g/mol. The van der Waals surface area contributed by atoms with E-state index in [9.17, 15) is 24.2 Å². The fourth-order valence-corrected chi connectivity index (χ4v) is 3.89. The standard InChI is InChI=1S/C25H47O10P/c1-3-5-7-9-10-11-12-13-15-17-25(29)35-23(20-32-24(28)16-14-8-6-4-2)21-34-36(30,31)33-19-22(27)18-26/h8,14,22-23,26-27H,3-7,9-13,15-21H2,1-2H3,(H,30,31)/b14-8+/t22-,23+/m0/s1. The zero-order valence-corrected chi connectivity index (χ0v) is 22.9. The average Bonchev–Trinajstić information content (AvgIpc) is 2.85. The van der Waals surface area contributed by atoms with E-state index in [-0.39, 0.29) is 19.4 Å². The van der Waals surface area contributed by atoms with Gasteiger partial charge in [0.05, 0.1) is 26.2 Å². The van der Waals surface area contributed by atoms with Gasteiger partial charge in [-0.25, -0.2) is 4.57 Å². The van der Waals surface area contributed by atoms with E-state index in [1.807, 2.05) is 13.0 Å². The third-order valence-corrected chi connectivity index (χ3v) is 6.13. The predicted octanol–water partition coefficient (Wildman–Crippen LogP) is 4.60. The van der Waals surface area contributed by atoms with Crippen LogP contribution in [-0.2, 0) is 32.7 Å². The molecule has 1 unspecified atom stereocenters. The molecule has 0 aromatic carbocycles. The van der Waals surface area contributed by atoms with Crippen LogP contribution in [0, 0.1) is 0 Å². The van der Waals surface area contributed by atoms with E-state index in [1.165, 1.54) is 32.1 Å². The first-order chi connectivity index (χ1) is 17.2. The third kappa shape index (κ3) is 21.9. The highest BCUT2D eigenvalue weighted by atomic mass is 31.2. The Morgan fingerprint density at radius 1 is 0.833 bits per heavy atom. The SMILES string of the molecule is CCC/C=C/CC(=O)OC[C@H](COP(=O)(O)OC[C@@H](O)CO)OC(=O)CCCCCCCCCCC. The highest BCUT2D eigenvalue weighted by Gasteiger charge is 2.27. The molecule has 11 heteroatoms. The first kappa shape index (κ1) is 34.7. The van der Waals surface area contributed by atoms with Gasteiger partial charge in [0, 0.05) is 6.42 Å². The summed E-state index contributed by atoms with van der Waals surface area (Å²) in [6.07, 6.45) is 13.1. The summed E-state index contributed by atoms with van der Waals surface area (Å²) >= 11 is 0. The highest BCUT2D eigenvalue weighted by molar-refractivity contribution is 7.47. The van der Waals surface area contributed by atoms with Gasteiger partial charge in [0.25, 0.3) is 0 Å². The van der Waals surface area contributed by atoms with Crippen molar-refractivity contribution in [3.8, 4) is 0 Å². The van der Waals surface area contributed by atoms with Gasteiger partial charge in [-0.2, -0.15) is 0 Å². The number of phosphoric ester groups is 1. The number of carbonyl (C=O) groups excluding carboxylic acids is 2. The lowest BCUT2D eigenvalue weighted by atomic mass is 10.1. The maximum absolute atomic E-state index is 12.3. The third-order valence-electron chi connectivity index (χ3n) is 5.18. The topological polar surface area (TPSA) is 149 Å². The molecule has 0 saturated heterocycles. The molecule has 0 radical (unpaired) electrons. The van der Waals surface area contributed by atoms with Crippen molar-refractivity contribution in [2.24, 2.45) is 0 Å². The molecule has 0 heterocycles. The number of unbranched alkanes of at least 4 members (excludes halogenated alkanes) is 9. The van der Waals surface area contributed by atoms with Crippen LogP contribution in [0.15, 0.2) is 12.2 Å². The van der Waals surface area contributed by atoms with E-state index in [0.29, 0.717) is 6.42 Å². The summed E-state index contributed by atoms with van der Waals surface area (Å²) < 4.78 is 31.9. The first-order valence-electron chi connectivity index (χ1n) is 13.1. The quantitative estimate of drug-likeness (QED) is 0.0689. The molecule has 36 heavy (non-hydrogen) atoms. The van der Waals surface area contributed by atoms with Crippen LogP contribution in [0.1, 0.15) is 97.3 Å². The van der Waals surface area contributed by atoms with Gasteiger partial charge in [-0.05, 0) is 12.8 Å². The van der Waals surface area contributed by atoms with Crippen LogP contribution >= 0.6 is 7.82 Å². The molecule has 0 aliphatic carbocycles. The number of aliphatic hydroxyl groups is 2. The number of hydrogen-bond acceptors (Lipinski definition) is 9. The maximum atomic E-state index is 12.3. The number of rotatable bonds is 24. The molecule has 0 spiro atoms. The molecule has 0 rings (SSSR count). The Morgan fingerprint density at radius 2 is 1.44 bits per heavy atom. The first-order valence-corrected chi connectivity index (χ1v) is 14.6. The molecular weight excluding hydrogens is 491 g/mol. The van der Waals surface area contributed by atoms with Crippen molar-refractivity contribution in [2.75, 3.05) is 26.4 Å². The summed E-state index contributed by atoms with van der Waals surface area (Å²) in [6.45, 7) is 2.04. The zero-order chi connectivity index (χ0) is 27.1. The van der Waals surface area contributed by atoms with Gasteiger partial charge >= 0.3 is 19.8 Å². The molecule has 0 aromatic heterocycles. The summed E-state index contributed by atoms with van der Waals surface area (Å²) in [5, 5.41) is 18.0. The van der Waals surface area contributed by atoms with E-state index in [4.69, 9.17) is 19.1 Å². The van der Waals surface area contributed by atoms with Crippen LogP contribution in [0.3, 0.4) is 0 Å². The predicted molar refractivity (Wildman–Crippen MR) is 136 cm³/mol.